The minimum atomic E-state index is 0. The van der Waals surface area contributed by atoms with Gasteiger partial charge in [0.15, 0.2) is 5.96 Å². The lowest BCUT2D eigenvalue weighted by atomic mass is 10.1. The maximum absolute atomic E-state index is 4.35. The van der Waals surface area contributed by atoms with E-state index in [1.807, 2.05) is 38.2 Å². The fourth-order valence-corrected chi connectivity index (χ4v) is 2.92. The molecule has 1 aromatic heterocycles. The molecule has 2 rings (SSSR count). The molecule has 0 saturated heterocycles. The number of halogens is 2. The number of aryl methyl sites for hydroxylation is 2. The second-order valence-corrected chi connectivity index (χ2v) is 6.50. The molecule has 7 heteroatoms. The van der Waals surface area contributed by atoms with Gasteiger partial charge in [0.05, 0.1) is 6.20 Å². The van der Waals surface area contributed by atoms with Gasteiger partial charge in [-0.2, -0.15) is 5.10 Å². The predicted molar refractivity (Wildman–Crippen MR) is 114 cm³/mol. The number of guanidine groups is 1. The standard InChI is InChI=1S/C17H24BrN5.HI/c1-19-17(22(2)12-15-11-21-23(3)13-15)20-9-5-7-14-6-4-8-16(18)10-14;/h4,6,8,10-11,13H,5,7,9,12H2,1-3H3,(H,19,20);1H. The molecule has 1 N–H and O–H groups in total. The van der Waals surface area contributed by atoms with Crippen molar-refractivity contribution in [2.75, 3.05) is 20.6 Å². The molecule has 0 amide bonds. The van der Waals surface area contributed by atoms with E-state index in [1.165, 1.54) is 11.1 Å². The summed E-state index contributed by atoms with van der Waals surface area (Å²) in [5.74, 6) is 0.906. The van der Waals surface area contributed by atoms with Crippen molar-refractivity contribution < 1.29 is 0 Å². The smallest absolute Gasteiger partial charge is 0.193 e. The molecule has 132 valence electrons. The predicted octanol–water partition coefficient (Wildman–Crippen LogP) is 3.44. The fraction of sp³-hybridized carbons (Fsp3) is 0.412. The Balaban J connectivity index is 0.00000288. The van der Waals surface area contributed by atoms with Crippen LogP contribution >= 0.6 is 39.9 Å². The summed E-state index contributed by atoms with van der Waals surface area (Å²) >= 11 is 3.51. The molecule has 1 heterocycles. The Morgan fingerprint density at radius 1 is 1.38 bits per heavy atom. The van der Waals surface area contributed by atoms with E-state index >= 15 is 0 Å². The average Bonchev–Trinajstić information content (AvgIpc) is 2.92. The number of aliphatic imine (C=N–C) groups is 1. The van der Waals surface area contributed by atoms with Crippen molar-refractivity contribution in [2.45, 2.75) is 19.4 Å². The molecule has 0 saturated carbocycles. The molecular weight excluding hydrogens is 481 g/mol. The lowest BCUT2D eigenvalue weighted by Gasteiger charge is -2.21. The van der Waals surface area contributed by atoms with Gasteiger partial charge in [-0.3, -0.25) is 9.67 Å². The summed E-state index contributed by atoms with van der Waals surface area (Å²) in [7, 11) is 5.78. The largest absolute Gasteiger partial charge is 0.356 e. The van der Waals surface area contributed by atoms with Crippen LogP contribution in [0.4, 0.5) is 0 Å². The second kappa shape index (κ2) is 10.7. The number of aromatic nitrogens is 2. The second-order valence-electron chi connectivity index (χ2n) is 5.59. The molecule has 0 radical (unpaired) electrons. The quantitative estimate of drug-likeness (QED) is 0.283. The highest BCUT2D eigenvalue weighted by Gasteiger charge is 2.07. The van der Waals surface area contributed by atoms with E-state index < -0.39 is 0 Å². The first-order valence-electron chi connectivity index (χ1n) is 7.72. The van der Waals surface area contributed by atoms with Gasteiger partial charge in [0.1, 0.15) is 0 Å². The zero-order valence-electron chi connectivity index (χ0n) is 14.4. The minimum Gasteiger partial charge on any atom is -0.356 e. The van der Waals surface area contributed by atoms with Crippen LogP contribution in [0.2, 0.25) is 0 Å². The van der Waals surface area contributed by atoms with Crippen molar-refractivity contribution in [2.24, 2.45) is 12.0 Å². The molecule has 0 bridgehead atoms. The Hall–Kier alpha value is -1.09. The van der Waals surface area contributed by atoms with Crippen molar-refractivity contribution in [3.63, 3.8) is 0 Å². The molecule has 2 aromatic rings. The van der Waals surface area contributed by atoms with Crippen molar-refractivity contribution >= 4 is 45.9 Å². The summed E-state index contributed by atoms with van der Waals surface area (Å²) in [5.41, 5.74) is 2.52. The average molecular weight is 506 g/mol. The third-order valence-electron chi connectivity index (χ3n) is 3.57. The summed E-state index contributed by atoms with van der Waals surface area (Å²) in [4.78, 5) is 6.45. The number of rotatable bonds is 6. The van der Waals surface area contributed by atoms with Gasteiger partial charge in [-0.15, -0.1) is 24.0 Å². The first-order chi connectivity index (χ1) is 11.1. The molecule has 0 unspecified atom stereocenters. The van der Waals surface area contributed by atoms with Crippen LogP contribution in [0.25, 0.3) is 0 Å². The summed E-state index contributed by atoms with van der Waals surface area (Å²) in [6, 6.07) is 8.46. The van der Waals surface area contributed by atoms with Gasteiger partial charge in [-0.25, -0.2) is 0 Å². The molecule has 0 aliphatic carbocycles. The Kier molecular flexibility index (Phi) is 9.35. The summed E-state index contributed by atoms with van der Waals surface area (Å²) in [6.45, 7) is 1.69. The lowest BCUT2D eigenvalue weighted by molar-refractivity contribution is 0.475. The van der Waals surface area contributed by atoms with E-state index in [1.54, 1.807) is 0 Å². The maximum atomic E-state index is 4.35. The molecule has 0 aliphatic heterocycles. The Labute approximate surface area is 169 Å². The summed E-state index contributed by atoms with van der Waals surface area (Å²) < 4.78 is 2.95. The maximum Gasteiger partial charge on any atom is 0.193 e. The molecular formula is C17H25BrIN5. The van der Waals surface area contributed by atoms with Gasteiger partial charge >= 0.3 is 0 Å². The van der Waals surface area contributed by atoms with Crippen molar-refractivity contribution in [1.29, 1.82) is 0 Å². The Morgan fingerprint density at radius 3 is 2.79 bits per heavy atom. The molecule has 0 atom stereocenters. The van der Waals surface area contributed by atoms with Gasteiger partial charge in [0.25, 0.3) is 0 Å². The van der Waals surface area contributed by atoms with Crippen LogP contribution < -0.4 is 5.32 Å². The normalized spacial score (nSPS) is 11.1. The molecule has 5 nitrogen and oxygen atoms in total. The van der Waals surface area contributed by atoms with Crippen LogP contribution in [0.1, 0.15) is 17.5 Å². The van der Waals surface area contributed by atoms with Gasteiger partial charge in [-0.1, -0.05) is 28.1 Å². The molecule has 24 heavy (non-hydrogen) atoms. The van der Waals surface area contributed by atoms with Crippen LogP contribution in [-0.2, 0) is 20.0 Å². The van der Waals surface area contributed by atoms with Gasteiger partial charge in [-0.05, 0) is 30.5 Å². The third-order valence-corrected chi connectivity index (χ3v) is 4.06. The van der Waals surface area contributed by atoms with Crippen LogP contribution in [-0.4, -0.2) is 41.3 Å². The van der Waals surface area contributed by atoms with E-state index in [0.29, 0.717) is 0 Å². The van der Waals surface area contributed by atoms with E-state index in [9.17, 15) is 0 Å². The molecule has 0 spiro atoms. The highest BCUT2D eigenvalue weighted by Crippen LogP contribution is 2.12. The number of benzene rings is 1. The van der Waals surface area contributed by atoms with Crippen LogP contribution in [0.15, 0.2) is 46.1 Å². The first-order valence-corrected chi connectivity index (χ1v) is 8.51. The van der Waals surface area contributed by atoms with Crippen LogP contribution in [0.5, 0.6) is 0 Å². The minimum absolute atomic E-state index is 0. The first kappa shape index (κ1) is 21.0. The van der Waals surface area contributed by atoms with Crippen molar-refractivity contribution in [1.82, 2.24) is 20.0 Å². The zero-order chi connectivity index (χ0) is 16.7. The summed E-state index contributed by atoms with van der Waals surface area (Å²) in [6.07, 6.45) is 6.03. The number of hydrogen-bond acceptors (Lipinski definition) is 2. The Bertz CT molecular complexity index is 656. The van der Waals surface area contributed by atoms with E-state index in [0.717, 1.165) is 36.4 Å². The monoisotopic (exact) mass is 505 g/mol. The van der Waals surface area contributed by atoms with Crippen molar-refractivity contribution in [3.8, 4) is 0 Å². The Morgan fingerprint density at radius 2 is 2.17 bits per heavy atom. The molecule has 0 fully saturated rings. The third kappa shape index (κ3) is 6.80. The highest BCUT2D eigenvalue weighted by atomic mass is 127. The van der Waals surface area contributed by atoms with Gasteiger partial charge in [0.2, 0.25) is 0 Å². The SMILES string of the molecule is CN=C(NCCCc1cccc(Br)c1)N(C)Cc1cnn(C)c1.I. The van der Waals surface area contributed by atoms with Crippen molar-refractivity contribution in [3.05, 3.63) is 52.3 Å². The van der Waals surface area contributed by atoms with E-state index in [2.05, 4.69) is 60.5 Å². The number of hydrogen-bond donors (Lipinski definition) is 1. The van der Waals surface area contributed by atoms with E-state index in [-0.39, 0.29) is 24.0 Å². The lowest BCUT2D eigenvalue weighted by Crippen LogP contribution is -2.38. The van der Waals surface area contributed by atoms with Crippen LogP contribution in [0, 0.1) is 0 Å². The zero-order valence-corrected chi connectivity index (χ0v) is 18.3. The van der Waals surface area contributed by atoms with E-state index in [4.69, 9.17) is 0 Å². The van der Waals surface area contributed by atoms with Gasteiger partial charge in [0, 0.05) is 50.5 Å². The topological polar surface area (TPSA) is 45.5 Å². The fourth-order valence-electron chi connectivity index (χ4n) is 2.47. The molecule has 0 aliphatic rings. The van der Waals surface area contributed by atoms with Crippen LogP contribution in [0.3, 0.4) is 0 Å². The number of nitrogens with zero attached hydrogens (tertiary/aromatic N) is 4. The number of nitrogens with one attached hydrogen (secondary N) is 1. The van der Waals surface area contributed by atoms with Gasteiger partial charge < -0.3 is 10.2 Å². The summed E-state index contributed by atoms with van der Waals surface area (Å²) in [5, 5.41) is 7.61. The molecule has 1 aromatic carbocycles. The highest BCUT2D eigenvalue weighted by molar-refractivity contribution is 14.0.